The molecule has 0 radical (unpaired) electrons. The lowest BCUT2D eigenvalue weighted by Gasteiger charge is -2.21. The molecule has 0 N–H and O–H groups in total. The van der Waals surface area contributed by atoms with Crippen LogP contribution in [0.25, 0.3) is 0 Å². The molecule has 1 saturated heterocycles. The number of aromatic nitrogens is 1. The van der Waals surface area contributed by atoms with E-state index >= 15 is 0 Å². The molecule has 1 aliphatic rings. The fourth-order valence-electron chi connectivity index (χ4n) is 2.21. The highest BCUT2D eigenvalue weighted by Gasteiger charge is 2.35. The van der Waals surface area contributed by atoms with Gasteiger partial charge < -0.3 is 9.47 Å². The van der Waals surface area contributed by atoms with Crippen molar-refractivity contribution in [2.75, 3.05) is 26.8 Å². The van der Waals surface area contributed by atoms with E-state index in [2.05, 4.69) is 4.98 Å². The second-order valence-electron chi connectivity index (χ2n) is 4.89. The fourth-order valence-corrected chi connectivity index (χ4v) is 3.76. The van der Waals surface area contributed by atoms with Crippen LogP contribution in [0, 0.1) is 0 Å². The van der Waals surface area contributed by atoms with Crippen LogP contribution in [-0.4, -0.2) is 55.9 Å². The number of methoxy groups -OCH3 is 1. The Bertz CT molecular complexity index is 520. The van der Waals surface area contributed by atoms with Crippen LogP contribution in [0.2, 0.25) is 0 Å². The Morgan fingerprint density at radius 2 is 2.35 bits per heavy atom. The van der Waals surface area contributed by atoms with Gasteiger partial charge in [0, 0.05) is 19.9 Å². The van der Waals surface area contributed by atoms with Gasteiger partial charge in [-0.05, 0) is 25.5 Å². The van der Waals surface area contributed by atoms with Gasteiger partial charge in [0.05, 0.1) is 24.6 Å². The Labute approximate surface area is 119 Å². The summed E-state index contributed by atoms with van der Waals surface area (Å²) in [4.78, 5) is 3.97. The predicted octanol–water partition coefficient (Wildman–Crippen LogP) is 0.899. The lowest BCUT2D eigenvalue weighted by Crippen LogP contribution is -2.38. The molecule has 1 aliphatic heterocycles. The van der Waals surface area contributed by atoms with Crippen LogP contribution >= 0.6 is 0 Å². The maximum absolute atomic E-state index is 12.3. The number of nitrogens with zero attached hydrogens (tertiary/aromatic N) is 2. The molecule has 20 heavy (non-hydrogen) atoms. The smallest absolute Gasteiger partial charge is 0.219 e. The van der Waals surface area contributed by atoms with Gasteiger partial charge in [0.25, 0.3) is 0 Å². The van der Waals surface area contributed by atoms with Crippen LogP contribution in [0.1, 0.15) is 13.3 Å². The molecule has 0 aliphatic carbocycles. The van der Waals surface area contributed by atoms with Crippen LogP contribution in [0.5, 0.6) is 5.75 Å². The Balaban J connectivity index is 1.95. The summed E-state index contributed by atoms with van der Waals surface area (Å²) in [6.45, 7) is 2.73. The first-order chi connectivity index (χ1) is 9.54. The molecule has 112 valence electrons. The third kappa shape index (κ3) is 3.47. The summed E-state index contributed by atoms with van der Waals surface area (Å²) in [7, 11) is -1.81. The normalized spacial score (nSPS) is 21.8. The fraction of sp³-hybridized carbons (Fsp3) is 0.615. The molecule has 0 aromatic carbocycles. The Kier molecular flexibility index (Phi) is 4.95. The number of rotatable bonds is 6. The van der Waals surface area contributed by atoms with E-state index in [9.17, 15) is 8.42 Å². The first-order valence-electron chi connectivity index (χ1n) is 6.58. The lowest BCUT2D eigenvalue weighted by molar-refractivity contribution is 0.196. The van der Waals surface area contributed by atoms with Gasteiger partial charge in [-0.1, -0.05) is 0 Å². The van der Waals surface area contributed by atoms with Gasteiger partial charge in [-0.2, -0.15) is 4.31 Å². The molecular formula is C13H20N2O4S. The van der Waals surface area contributed by atoms with Crippen LogP contribution in [0.3, 0.4) is 0 Å². The van der Waals surface area contributed by atoms with Crippen LogP contribution < -0.4 is 4.74 Å². The van der Waals surface area contributed by atoms with Crippen LogP contribution in [0.4, 0.5) is 0 Å². The molecule has 2 rings (SSSR count). The molecular weight excluding hydrogens is 280 g/mol. The Morgan fingerprint density at radius 3 is 3.00 bits per heavy atom. The maximum atomic E-state index is 12.3. The number of pyridine rings is 1. The molecule has 1 aromatic heterocycles. The molecule has 0 amide bonds. The van der Waals surface area contributed by atoms with Crippen molar-refractivity contribution in [2.45, 2.75) is 24.7 Å². The van der Waals surface area contributed by atoms with Crippen LogP contribution in [-0.2, 0) is 14.8 Å². The van der Waals surface area contributed by atoms with Gasteiger partial charge in [0.1, 0.15) is 11.9 Å². The second-order valence-corrected chi connectivity index (χ2v) is 7.24. The number of sulfonamides is 1. The third-order valence-electron chi connectivity index (χ3n) is 3.31. The van der Waals surface area contributed by atoms with Crippen molar-refractivity contribution in [1.82, 2.24) is 9.29 Å². The quantitative estimate of drug-likeness (QED) is 0.781. The molecule has 1 aromatic rings. The maximum Gasteiger partial charge on any atom is 0.219 e. The van der Waals surface area contributed by atoms with Gasteiger partial charge in [-0.3, -0.25) is 4.98 Å². The SMILES string of the molecule is COCC(C)S(=O)(=O)N1CCC(Oc2cccnc2)C1. The number of hydrogen-bond acceptors (Lipinski definition) is 5. The number of hydrogen-bond donors (Lipinski definition) is 0. The highest BCUT2D eigenvalue weighted by molar-refractivity contribution is 7.89. The van der Waals surface area contributed by atoms with E-state index in [1.165, 1.54) is 11.4 Å². The largest absolute Gasteiger partial charge is 0.487 e. The van der Waals surface area contributed by atoms with Gasteiger partial charge >= 0.3 is 0 Å². The highest BCUT2D eigenvalue weighted by Crippen LogP contribution is 2.21. The topological polar surface area (TPSA) is 68.7 Å². The van der Waals surface area contributed by atoms with Crippen molar-refractivity contribution in [3.05, 3.63) is 24.5 Å². The molecule has 2 unspecified atom stereocenters. The van der Waals surface area contributed by atoms with Crippen molar-refractivity contribution in [1.29, 1.82) is 0 Å². The summed E-state index contributed by atoms with van der Waals surface area (Å²) in [5, 5.41) is -0.537. The van der Waals surface area contributed by atoms with Crippen molar-refractivity contribution in [3.63, 3.8) is 0 Å². The van der Waals surface area contributed by atoms with Crippen LogP contribution in [0.15, 0.2) is 24.5 Å². The minimum Gasteiger partial charge on any atom is -0.487 e. The third-order valence-corrected chi connectivity index (χ3v) is 5.52. The predicted molar refractivity (Wildman–Crippen MR) is 75.1 cm³/mol. The summed E-state index contributed by atoms with van der Waals surface area (Å²) in [5.74, 6) is 0.668. The summed E-state index contributed by atoms with van der Waals surface area (Å²) in [6, 6.07) is 3.61. The van der Waals surface area contributed by atoms with Gasteiger partial charge in [-0.15, -0.1) is 0 Å². The minimum atomic E-state index is -3.31. The summed E-state index contributed by atoms with van der Waals surface area (Å²) >= 11 is 0. The van der Waals surface area contributed by atoms with E-state index < -0.39 is 15.3 Å². The van der Waals surface area contributed by atoms with E-state index in [4.69, 9.17) is 9.47 Å². The highest BCUT2D eigenvalue weighted by atomic mass is 32.2. The van der Waals surface area contributed by atoms with E-state index in [-0.39, 0.29) is 12.7 Å². The molecule has 0 spiro atoms. The average molecular weight is 300 g/mol. The Morgan fingerprint density at radius 1 is 1.55 bits per heavy atom. The van der Waals surface area contributed by atoms with E-state index in [0.29, 0.717) is 25.3 Å². The molecule has 2 atom stereocenters. The average Bonchev–Trinajstić information content (AvgIpc) is 2.89. The summed E-state index contributed by atoms with van der Waals surface area (Å²) in [5.41, 5.74) is 0. The first kappa shape index (κ1) is 15.2. The van der Waals surface area contributed by atoms with Crippen molar-refractivity contribution < 1.29 is 17.9 Å². The Hall–Kier alpha value is -1.18. The number of ether oxygens (including phenoxy) is 2. The standard InChI is InChI=1S/C13H20N2O4S/c1-11(10-18-2)20(16,17)15-7-5-13(9-15)19-12-4-3-6-14-8-12/h3-4,6,8,11,13H,5,7,9-10H2,1-2H3. The van der Waals surface area contributed by atoms with Gasteiger partial charge in [-0.25, -0.2) is 8.42 Å². The zero-order valence-electron chi connectivity index (χ0n) is 11.7. The van der Waals surface area contributed by atoms with E-state index in [1.54, 1.807) is 25.4 Å². The summed E-state index contributed by atoms with van der Waals surface area (Å²) < 4.78 is 36.7. The van der Waals surface area contributed by atoms with Gasteiger partial charge in [0.15, 0.2) is 0 Å². The molecule has 6 nitrogen and oxygen atoms in total. The van der Waals surface area contributed by atoms with Crippen molar-refractivity contribution >= 4 is 10.0 Å². The molecule has 1 fully saturated rings. The van der Waals surface area contributed by atoms with E-state index in [0.717, 1.165) is 0 Å². The first-order valence-corrected chi connectivity index (χ1v) is 8.09. The molecule has 0 saturated carbocycles. The van der Waals surface area contributed by atoms with Crippen molar-refractivity contribution in [2.24, 2.45) is 0 Å². The second kappa shape index (κ2) is 6.51. The van der Waals surface area contributed by atoms with Gasteiger partial charge in [0.2, 0.25) is 10.0 Å². The van der Waals surface area contributed by atoms with Crippen molar-refractivity contribution in [3.8, 4) is 5.75 Å². The monoisotopic (exact) mass is 300 g/mol. The molecule has 7 heteroatoms. The van der Waals surface area contributed by atoms with E-state index in [1.807, 2.05) is 6.07 Å². The molecule has 0 bridgehead atoms. The zero-order valence-corrected chi connectivity index (χ0v) is 12.5. The minimum absolute atomic E-state index is 0.122. The molecule has 2 heterocycles. The lowest BCUT2D eigenvalue weighted by atomic mass is 10.3. The zero-order chi connectivity index (χ0) is 14.6. The summed E-state index contributed by atoms with van der Waals surface area (Å²) in [6.07, 6.45) is 3.87.